The zero-order valence-electron chi connectivity index (χ0n) is 19.0. The van der Waals surface area contributed by atoms with Gasteiger partial charge in [-0.2, -0.15) is 0 Å². The molecule has 2 aliphatic rings. The predicted octanol–water partition coefficient (Wildman–Crippen LogP) is 4.24. The van der Waals surface area contributed by atoms with Crippen molar-refractivity contribution >= 4 is 23.3 Å². The van der Waals surface area contributed by atoms with Crippen LogP contribution in [0.25, 0.3) is 5.69 Å². The lowest BCUT2D eigenvalue weighted by molar-refractivity contribution is -0.153. The van der Waals surface area contributed by atoms with Crippen molar-refractivity contribution in [2.24, 2.45) is 4.99 Å². The van der Waals surface area contributed by atoms with Crippen LogP contribution in [0.15, 0.2) is 47.5 Å². The molecule has 1 atom stereocenters. The van der Waals surface area contributed by atoms with Crippen molar-refractivity contribution in [1.82, 2.24) is 14.8 Å². The molecule has 0 aliphatic carbocycles. The van der Waals surface area contributed by atoms with E-state index in [1.54, 1.807) is 7.11 Å². The number of halogens is 1. The maximum atomic E-state index is 12.9. The maximum Gasteiger partial charge on any atom is 0.308 e. The molecular weight excluding hydrogens is 456 g/mol. The molecule has 0 bridgehead atoms. The summed E-state index contributed by atoms with van der Waals surface area (Å²) in [5.74, 6) is 1.69. The molecule has 0 spiro atoms. The molecule has 1 saturated heterocycles. The number of hydrogen-bond acceptors (Lipinski definition) is 7. The number of ether oxygens (including phenoxy) is 3. The van der Waals surface area contributed by atoms with Gasteiger partial charge >= 0.3 is 5.97 Å². The van der Waals surface area contributed by atoms with Gasteiger partial charge in [-0.3, -0.25) is 14.4 Å². The minimum Gasteiger partial charge on any atom is -0.497 e. The molecule has 3 aromatic rings. The smallest absolute Gasteiger partial charge is 0.308 e. The summed E-state index contributed by atoms with van der Waals surface area (Å²) in [6.45, 7) is 3.09. The standard InChI is InChI=1S/C25H25ClN4O4/c1-15-28-29-25-21(14-23(31)34-18-9-11-33-12-10-18)27-24(16-3-5-17(26)6-4-16)20-13-19(32-2)7-8-22(20)30(15)25/h3-8,13,18,21H,9-12,14H2,1-2H3. The van der Waals surface area contributed by atoms with Crippen molar-refractivity contribution in [3.63, 3.8) is 0 Å². The SMILES string of the molecule is COc1ccc2c(c1)C(c1ccc(Cl)cc1)=NC(CC(=O)OC1CCOCC1)c1nnc(C)n1-2. The Bertz CT molecular complexity index is 1230. The summed E-state index contributed by atoms with van der Waals surface area (Å²) >= 11 is 6.14. The van der Waals surface area contributed by atoms with E-state index in [0.29, 0.717) is 48.5 Å². The quantitative estimate of drug-likeness (QED) is 0.507. The van der Waals surface area contributed by atoms with Gasteiger partial charge in [-0.05, 0) is 37.3 Å². The highest BCUT2D eigenvalue weighted by Crippen LogP contribution is 2.34. The van der Waals surface area contributed by atoms with Crippen molar-refractivity contribution in [3.05, 3.63) is 70.3 Å². The molecule has 1 unspecified atom stereocenters. The van der Waals surface area contributed by atoms with Gasteiger partial charge in [0, 0.05) is 29.0 Å². The van der Waals surface area contributed by atoms with Crippen molar-refractivity contribution in [2.75, 3.05) is 20.3 Å². The third kappa shape index (κ3) is 4.43. The molecule has 1 aromatic heterocycles. The first kappa shape index (κ1) is 22.6. The van der Waals surface area contributed by atoms with Gasteiger partial charge in [0.2, 0.25) is 0 Å². The van der Waals surface area contributed by atoms with Gasteiger partial charge in [0.05, 0.1) is 38.1 Å². The first-order valence-corrected chi connectivity index (χ1v) is 11.6. The number of hydrogen-bond donors (Lipinski definition) is 0. The highest BCUT2D eigenvalue weighted by atomic mass is 35.5. The van der Waals surface area contributed by atoms with E-state index in [1.807, 2.05) is 54.0 Å². The number of aryl methyl sites for hydroxylation is 1. The summed E-state index contributed by atoms with van der Waals surface area (Å²) in [6.07, 6.45) is 1.33. The molecule has 2 aliphatic heterocycles. The molecule has 3 heterocycles. The first-order valence-electron chi connectivity index (χ1n) is 11.2. The molecule has 9 heteroatoms. The first-order chi connectivity index (χ1) is 16.5. The molecule has 0 N–H and O–H groups in total. The summed E-state index contributed by atoms with van der Waals surface area (Å²) in [7, 11) is 1.63. The fraction of sp³-hybridized carbons (Fsp3) is 0.360. The number of nitrogens with zero attached hydrogens (tertiary/aromatic N) is 4. The Morgan fingerprint density at radius 2 is 1.91 bits per heavy atom. The zero-order valence-corrected chi connectivity index (χ0v) is 19.8. The van der Waals surface area contributed by atoms with Gasteiger partial charge < -0.3 is 14.2 Å². The summed E-state index contributed by atoms with van der Waals surface area (Å²) in [5, 5.41) is 9.33. The summed E-state index contributed by atoms with van der Waals surface area (Å²) in [4.78, 5) is 18.0. The number of fused-ring (bicyclic) bond motifs is 3. The van der Waals surface area contributed by atoms with Crippen molar-refractivity contribution in [1.29, 1.82) is 0 Å². The number of aliphatic imine (C=N–C) groups is 1. The predicted molar refractivity (Wildman–Crippen MR) is 127 cm³/mol. The van der Waals surface area contributed by atoms with Crippen LogP contribution >= 0.6 is 11.6 Å². The molecular formula is C25H25ClN4O4. The third-order valence-corrected chi connectivity index (χ3v) is 6.33. The Morgan fingerprint density at radius 3 is 2.65 bits per heavy atom. The lowest BCUT2D eigenvalue weighted by Gasteiger charge is -2.22. The second-order valence-corrected chi connectivity index (χ2v) is 8.77. The van der Waals surface area contributed by atoms with E-state index >= 15 is 0 Å². The van der Waals surface area contributed by atoms with E-state index < -0.39 is 6.04 Å². The van der Waals surface area contributed by atoms with Crippen LogP contribution < -0.4 is 4.74 Å². The van der Waals surface area contributed by atoms with Crippen molar-refractivity contribution < 1.29 is 19.0 Å². The molecule has 1 fully saturated rings. The topological polar surface area (TPSA) is 87.8 Å². The highest BCUT2D eigenvalue weighted by Gasteiger charge is 2.31. The molecule has 0 saturated carbocycles. The van der Waals surface area contributed by atoms with Crippen LogP contribution in [-0.2, 0) is 14.3 Å². The largest absolute Gasteiger partial charge is 0.497 e. The number of carbonyl (C=O) groups is 1. The minimum atomic E-state index is -0.572. The molecule has 2 aromatic carbocycles. The summed E-state index contributed by atoms with van der Waals surface area (Å²) in [6, 6.07) is 12.7. The van der Waals surface area contributed by atoms with Gasteiger partial charge in [-0.25, -0.2) is 0 Å². The Hall–Kier alpha value is -3.23. The minimum absolute atomic E-state index is 0.0533. The lowest BCUT2D eigenvalue weighted by Crippen LogP contribution is -2.26. The Balaban J connectivity index is 1.59. The molecule has 34 heavy (non-hydrogen) atoms. The van der Waals surface area contributed by atoms with Gasteiger partial charge in [-0.1, -0.05) is 23.7 Å². The van der Waals surface area contributed by atoms with Crippen LogP contribution in [0.5, 0.6) is 5.75 Å². The summed E-state index contributed by atoms with van der Waals surface area (Å²) in [5.41, 5.74) is 3.32. The molecule has 0 amide bonds. The van der Waals surface area contributed by atoms with Crippen LogP contribution in [0.3, 0.4) is 0 Å². The van der Waals surface area contributed by atoms with Crippen molar-refractivity contribution in [3.8, 4) is 11.4 Å². The van der Waals surface area contributed by atoms with Gasteiger partial charge in [0.25, 0.3) is 0 Å². The van der Waals surface area contributed by atoms with Crippen LogP contribution in [0.4, 0.5) is 0 Å². The second-order valence-electron chi connectivity index (χ2n) is 8.33. The van der Waals surface area contributed by atoms with E-state index in [2.05, 4.69) is 10.2 Å². The molecule has 176 valence electrons. The average Bonchev–Trinajstić information content (AvgIpc) is 3.17. The van der Waals surface area contributed by atoms with Crippen LogP contribution in [0, 0.1) is 6.92 Å². The van der Waals surface area contributed by atoms with Crippen LogP contribution in [-0.4, -0.2) is 52.9 Å². The van der Waals surface area contributed by atoms with E-state index in [-0.39, 0.29) is 18.5 Å². The second kappa shape index (κ2) is 9.56. The fourth-order valence-corrected chi connectivity index (χ4v) is 4.49. The monoisotopic (exact) mass is 480 g/mol. The van der Waals surface area contributed by atoms with Gasteiger partial charge in [0.15, 0.2) is 5.82 Å². The van der Waals surface area contributed by atoms with E-state index in [0.717, 1.165) is 22.5 Å². The van der Waals surface area contributed by atoms with Crippen molar-refractivity contribution in [2.45, 2.75) is 38.3 Å². The van der Waals surface area contributed by atoms with E-state index in [9.17, 15) is 4.79 Å². The molecule has 0 radical (unpaired) electrons. The Morgan fingerprint density at radius 1 is 1.15 bits per heavy atom. The molecule has 5 rings (SSSR count). The zero-order chi connectivity index (χ0) is 23.7. The van der Waals surface area contributed by atoms with Crippen LogP contribution in [0.2, 0.25) is 5.02 Å². The Labute approximate surface area is 202 Å². The average molecular weight is 481 g/mol. The molecule has 8 nitrogen and oxygen atoms in total. The van der Waals surface area contributed by atoms with Gasteiger partial charge in [-0.15, -0.1) is 10.2 Å². The fourth-order valence-electron chi connectivity index (χ4n) is 4.36. The third-order valence-electron chi connectivity index (χ3n) is 6.08. The number of aromatic nitrogens is 3. The number of methoxy groups -OCH3 is 1. The number of carbonyl (C=O) groups excluding carboxylic acids is 1. The van der Waals surface area contributed by atoms with Crippen LogP contribution in [0.1, 0.15) is 48.1 Å². The Kier molecular flexibility index (Phi) is 6.34. The maximum absolute atomic E-state index is 12.9. The normalized spacial score (nSPS) is 17.9. The van der Waals surface area contributed by atoms with E-state index in [1.165, 1.54) is 0 Å². The summed E-state index contributed by atoms with van der Waals surface area (Å²) < 4.78 is 18.6. The number of esters is 1. The van der Waals surface area contributed by atoms with Gasteiger partial charge in [0.1, 0.15) is 23.7 Å². The highest BCUT2D eigenvalue weighted by molar-refractivity contribution is 6.30. The number of rotatable bonds is 5. The lowest BCUT2D eigenvalue weighted by atomic mass is 10.00. The number of benzene rings is 2. The van der Waals surface area contributed by atoms with E-state index in [4.69, 9.17) is 30.8 Å².